The maximum Gasteiger partial charge on any atom is 0.354 e. The predicted molar refractivity (Wildman–Crippen MR) is 81.5 cm³/mol. The maximum absolute atomic E-state index is 11.4. The molecule has 0 amide bonds. The van der Waals surface area contributed by atoms with Gasteiger partial charge in [0.2, 0.25) is 0 Å². The van der Waals surface area contributed by atoms with Gasteiger partial charge in [-0.1, -0.05) is 26.0 Å². The van der Waals surface area contributed by atoms with Crippen LogP contribution in [0.25, 0.3) is 0 Å². The van der Waals surface area contributed by atoms with Gasteiger partial charge in [0.15, 0.2) is 5.69 Å². The molecule has 0 aliphatic carbocycles. The molecule has 6 heteroatoms. The molecule has 2 aromatic rings. The number of nitrogens with zero attached hydrogens (tertiary/aromatic N) is 1. The quantitative estimate of drug-likeness (QED) is 0.853. The molecule has 0 fully saturated rings. The number of carboxylic acids is 1. The normalized spacial score (nSPS) is 10.7. The molecular weight excluding hydrogens is 284 g/mol. The van der Waals surface area contributed by atoms with Crippen LogP contribution < -0.4 is 10.3 Å². The molecule has 0 unspecified atom stereocenters. The Hall–Kier alpha value is -2.63. The van der Waals surface area contributed by atoms with Crippen LogP contribution >= 0.6 is 0 Å². The molecule has 0 aliphatic heterocycles. The van der Waals surface area contributed by atoms with Gasteiger partial charge in [0.25, 0.3) is 5.56 Å². The monoisotopic (exact) mass is 302 g/mol. The number of H-pyrrole nitrogens is 1. The van der Waals surface area contributed by atoms with Crippen molar-refractivity contribution >= 4 is 5.97 Å². The van der Waals surface area contributed by atoms with Gasteiger partial charge in [-0.25, -0.2) is 9.78 Å². The van der Waals surface area contributed by atoms with Crippen LogP contribution in [0.5, 0.6) is 5.75 Å². The second-order valence-electron chi connectivity index (χ2n) is 5.20. The third-order valence-corrected chi connectivity index (χ3v) is 3.16. The van der Waals surface area contributed by atoms with Crippen molar-refractivity contribution < 1.29 is 14.6 Å². The topological polar surface area (TPSA) is 92.3 Å². The lowest BCUT2D eigenvalue weighted by Crippen LogP contribution is -2.17. The number of ether oxygens (including phenoxy) is 1. The van der Waals surface area contributed by atoms with Gasteiger partial charge in [0.1, 0.15) is 11.6 Å². The summed E-state index contributed by atoms with van der Waals surface area (Å²) in [5, 5.41) is 8.86. The number of carboxylic acid groups (broad SMARTS) is 1. The minimum absolute atomic E-state index is 0.264. The highest BCUT2D eigenvalue weighted by Gasteiger charge is 2.08. The average Bonchev–Trinajstić information content (AvgIpc) is 2.47. The van der Waals surface area contributed by atoms with Crippen molar-refractivity contribution in [3.63, 3.8) is 0 Å². The Morgan fingerprint density at radius 2 is 2.00 bits per heavy atom. The number of hydrogen-bond donors (Lipinski definition) is 2. The summed E-state index contributed by atoms with van der Waals surface area (Å²) in [5.41, 5.74) is 0.483. The molecule has 0 aliphatic rings. The van der Waals surface area contributed by atoms with E-state index in [4.69, 9.17) is 9.84 Å². The number of aromatic nitrogens is 2. The lowest BCUT2D eigenvalue weighted by atomic mass is 10.0. The number of carbonyl (C=O) groups is 1. The first-order valence-electron chi connectivity index (χ1n) is 7.02. The lowest BCUT2D eigenvalue weighted by Gasteiger charge is -2.09. The Kier molecular flexibility index (Phi) is 4.93. The van der Waals surface area contributed by atoms with E-state index in [2.05, 4.69) is 23.8 Å². The molecule has 1 aromatic carbocycles. The van der Waals surface area contributed by atoms with Crippen LogP contribution in [0.15, 0.2) is 35.1 Å². The first-order valence-corrected chi connectivity index (χ1v) is 7.02. The Balaban J connectivity index is 1.96. The van der Waals surface area contributed by atoms with Gasteiger partial charge >= 0.3 is 5.97 Å². The molecule has 0 saturated heterocycles. The van der Waals surface area contributed by atoms with E-state index in [0.717, 1.165) is 11.8 Å². The van der Waals surface area contributed by atoms with Crippen molar-refractivity contribution in [1.29, 1.82) is 0 Å². The predicted octanol–water partition coefficient (Wildman–Crippen LogP) is 2.21. The fourth-order valence-corrected chi connectivity index (χ4v) is 1.95. The van der Waals surface area contributed by atoms with Crippen molar-refractivity contribution in [1.82, 2.24) is 9.97 Å². The van der Waals surface area contributed by atoms with Gasteiger partial charge < -0.3 is 14.8 Å². The van der Waals surface area contributed by atoms with Crippen LogP contribution in [-0.4, -0.2) is 27.7 Å². The first kappa shape index (κ1) is 15.8. The first-order chi connectivity index (χ1) is 10.5. The van der Waals surface area contributed by atoms with Crippen LogP contribution in [-0.2, 0) is 6.42 Å². The van der Waals surface area contributed by atoms with Gasteiger partial charge in [0, 0.05) is 12.5 Å². The Morgan fingerprint density at radius 3 is 2.59 bits per heavy atom. The number of nitrogens with one attached hydrogen (secondary N) is 1. The highest BCUT2D eigenvalue weighted by molar-refractivity contribution is 5.85. The van der Waals surface area contributed by atoms with Gasteiger partial charge in [0.05, 0.1) is 6.61 Å². The van der Waals surface area contributed by atoms with Gasteiger partial charge in [-0.2, -0.15) is 0 Å². The van der Waals surface area contributed by atoms with Crippen LogP contribution in [0.3, 0.4) is 0 Å². The molecule has 116 valence electrons. The summed E-state index contributed by atoms with van der Waals surface area (Å²) < 4.78 is 5.58. The second-order valence-corrected chi connectivity index (χ2v) is 5.20. The molecule has 0 spiro atoms. The van der Waals surface area contributed by atoms with Crippen LogP contribution in [0.4, 0.5) is 0 Å². The molecule has 0 radical (unpaired) electrons. The fourth-order valence-electron chi connectivity index (χ4n) is 1.95. The van der Waals surface area contributed by atoms with E-state index < -0.39 is 11.5 Å². The molecule has 2 rings (SSSR count). The van der Waals surface area contributed by atoms with E-state index in [0.29, 0.717) is 24.8 Å². The van der Waals surface area contributed by atoms with E-state index in [-0.39, 0.29) is 5.69 Å². The zero-order valence-corrected chi connectivity index (χ0v) is 12.5. The summed E-state index contributed by atoms with van der Waals surface area (Å²) in [6.45, 7) is 4.54. The van der Waals surface area contributed by atoms with Gasteiger partial charge in [-0.05, 0) is 23.6 Å². The molecule has 0 atom stereocenters. The van der Waals surface area contributed by atoms with Crippen molar-refractivity contribution in [2.24, 2.45) is 0 Å². The molecule has 1 aromatic heterocycles. The minimum Gasteiger partial charge on any atom is -0.493 e. The molecule has 0 bridgehead atoms. The van der Waals surface area contributed by atoms with Crippen LogP contribution in [0.2, 0.25) is 0 Å². The Morgan fingerprint density at radius 1 is 1.32 bits per heavy atom. The molecule has 2 N–H and O–H groups in total. The van der Waals surface area contributed by atoms with E-state index in [1.54, 1.807) is 0 Å². The summed E-state index contributed by atoms with van der Waals surface area (Å²) in [6.07, 6.45) is 0.322. The fraction of sp³-hybridized carbons (Fsp3) is 0.312. The molecule has 0 saturated carbocycles. The van der Waals surface area contributed by atoms with E-state index >= 15 is 0 Å². The van der Waals surface area contributed by atoms with Crippen molar-refractivity contribution in [3.05, 3.63) is 57.8 Å². The zero-order chi connectivity index (χ0) is 16.1. The summed E-state index contributed by atoms with van der Waals surface area (Å²) in [4.78, 5) is 28.6. The number of aromatic carboxylic acids is 1. The molecule has 6 nitrogen and oxygen atoms in total. The largest absolute Gasteiger partial charge is 0.493 e. The maximum atomic E-state index is 11.4. The van der Waals surface area contributed by atoms with E-state index in [9.17, 15) is 9.59 Å². The third kappa shape index (κ3) is 4.18. The summed E-state index contributed by atoms with van der Waals surface area (Å²) in [5.74, 6) is 0.254. The van der Waals surface area contributed by atoms with Crippen LogP contribution in [0, 0.1) is 0 Å². The molecule has 22 heavy (non-hydrogen) atoms. The SMILES string of the molecule is CC(C)c1ccc(OCCc2nc(C(=O)O)cc(=O)[nH]2)cc1. The summed E-state index contributed by atoms with van der Waals surface area (Å²) >= 11 is 0. The average molecular weight is 302 g/mol. The molecule has 1 heterocycles. The number of benzene rings is 1. The number of hydrogen-bond acceptors (Lipinski definition) is 4. The Bertz CT molecular complexity index is 705. The van der Waals surface area contributed by atoms with Crippen molar-refractivity contribution in [2.45, 2.75) is 26.2 Å². The second kappa shape index (κ2) is 6.89. The minimum atomic E-state index is -1.22. The Labute approximate surface area is 127 Å². The molecular formula is C16H18N2O4. The standard InChI is InChI=1S/C16H18N2O4/c1-10(2)11-3-5-12(6-4-11)22-8-7-14-17-13(16(20)21)9-15(19)18-14/h3-6,9-10H,7-8H2,1-2H3,(H,20,21)(H,17,18,19). The van der Waals surface area contributed by atoms with E-state index in [1.807, 2.05) is 24.3 Å². The highest BCUT2D eigenvalue weighted by Crippen LogP contribution is 2.18. The van der Waals surface area contributed by atoms with Crippen molar-refractivity contribution in [3.8, 4) is 5.75 Å². The number of aromatic amines is 1. The zero-order valence-electron chi connectivity index (χ0n) is 12.5. The van der Waals surface area contributed by atoms with E-state index in [1.165, 1.54) is 5.56 Å². The van der Waals surface area contributed by atoms with Gasteiger partial charge in [-0.15, -0.1) is 0 Å². The number of rotatable bonds is 6. The summed E-state index contributed by atoms with van der Waals surface area (Å²) in [7, 11) is 0. The van der Waals surface area contributed by atoms with Crippen molar-refractivity contribution in [2.75, 3.05) is 6.61 Å². The van der Waals surface area contributed by atoms with Gasteiger partial charge in [-0.3, -0.25) is 4.79 Å². The van der Waals surface area contributed by atoms with Crippen LogP contribution in [0.1, 0.15) is 41.6 Å². The smallest absolute Gasteiger partial charge is 0.354 e. The highest BCUT2D eigenvalue weighted by atomic mass is 16.5. The third-order valence-electron chi connectivity index (χ3n) is 3.16. The lowest BCUT2D eigenvalue weighted by molar-refractivity contribution is 0.0689. The summed E-state index contributed by atoms with van der Waals surface area (Å²) in [6, 6.07) is 8.74.